The molecule has 25 heavy (non-hydrogen) atoms. The van der Waals surface area contributed by atoms with E-state index in [0.29, 0.717) is 18.9 Å². The smallest absolute Gasteiger partial charge is 0.410 e. The Morgan fingerprint density at radius 2 is 2.08 bits per heavy atom. The Morgan fingerprint density at radius 3 is 2.72 bits per heavy atom. The lowest BCUT2D eigenvalue weighted by molar-refractivity contribution is -0.0540. The van der Waals surface area contributed by atoms with Gasteiger partial charge in [0.25, 0.3) is 0 Å². The van der Waals surface area contributed by atoms with Gasteiger partial charge in [-0.3, -0.25) is 4.90 Å². The lowest BCUT2D eigenvalue weighted by atomic mass is 10.1. The minimum atomic E-state index is -0.382. The van der Waals surface area contributed by atoms with E-state index in [1.54, 1.807) is 11.1 Å². The first kappa shape index (κ1) is 17.5. The molecule has 2 heterocycles. The van der Waals surface area contributed by atoms with E-state index in [0.717, 1.165) is 5.56 Å². The molecule has 0 N–H and O–H groups in total. The van der Waals surface area contributed by atoms with Gasteiger partial charge in [0.15, 0.2) is 0 Å². The monoisotopic (exact) mass is 344 g/mol. The van der Waals surface area contributed by atoms with Gasteiger partial charge in [-0.2, -0.15) is 0 Å². The van der Waals surface area contributed by atoms with Crippen LogP contribution in [0.3, 0.4) is 0 Å². The van der Waals surface area contributed by atoms with E-state index in [9.17, 15) is 4.79 Å². The van der Waals surface area contributed by atoms with E-state index in [1.165, 1.54) is 6.26 Å². The second-order valence-electron chi connectivity index (χ2n) is 7.17. The maximum absolute atomic E-state index is 12.6. The number of likely N-dealkylation sites (tertiary alicyclic amines) is 1. The van der Waals surface area contributed by atoms with Gasteiger partial charge in [0.05, 0.1) is 24.4 Å². The van der Waals surface area contributed by atoms with Crippen LogP contribution in [-0.2, 0) is 16.1 Å². The predicted octanol–water partition coefficient (Wildman–Crippen LogP) is 3.94. The van der Waals surface area contributed by atoms with Crippen LogP contribution in [-0.4, -0.2) is 34.2 Å². The first-order chi connectivity index (χ1) is 11.9. The molecule has 3 rings (SSSR count). The van der Waals surface area contributed by atoms with Crippen molar-refractivity contribution >= 4 is 6.09 Å². The zero-order chi connectivity index (χ0) is 17.9. The Kier molecular flexibility index (Phi) is 5.08. The molecule has 2 atom stereocenters. The minimum Gasteiger partial charge on any atom is -0.447 e. The fourth-order valence-corrected chi connectivity index (χ4v) is 3.02. The fraction of sp³-hybridized carbons (Fsp3) is 0.474. The molecule has 0 bridgehead atoms. The molecule has 6 heteroatoms. The van der Waals surface area contributed by atoms with Crippen molar-refractivity contribution in [1.29, 1.82) is 0 Å². The number of hydrogen-bond acceptors (Lipinski definition) is 5. The summed E-state index contributed by atoms with van der Waals surface area (Å²) in [5, 5.41) is 0. The van der Waals surface area contributed by atoms with Gasteiger partial charge in [-0.25, -0.2) is 9.78 Å². The second-order valence-corrected chi connectivity index (χ2v) is 7.17. The van der Waals surface area contributed by atoms with Crippen LogP contribution < -0.4 is 0 Å². The lowest BCUT2D eigenvalue weighted by Gasteiger charge is -2.24. The number of carbonyl (C=O) groups excluding carboxylic acids is 1. The molecule has 1 aliphatic heterocycles. The van der Waals surface area contributed by atoms with Crippen LogP contribution >= 0.6 is 0 Å². The van der Waals surface area contributed by atoms with Crippen LogP contribution in [0.25, 0.3) is 0 Å². The fourth-order valence-electron chi connectivity index (χ4n) is 3.02. The number of oxazole rings is 1. The van der Waals surface area contributed by atoms with Gasteiger partial charge < -0.3 is 13.9 Å². The average Bonchev–Trinajstić information content (AvgIpc) is 3.21. The highest BCUT2D eigenvalue weighted by Crippen LogP contribution is 2.34. The first-order valence-electron chi connectivity index (χ1n) is 8.47. The maximum Gasteiger partial charge on any atom is 0.410 e. The van der Waals surface area contributed by atoms with Gasteiger partial charge in [0.2, 0.25) is 5.89 Å². The first-order valence-corrected chi connectivity index (χ1v) is 8.47. The number of aromatic nitrogens is 1. The number of ether oxygens (including phenoxy) is 2. The van der Waals surface area contributed by atoms with Crippen molar-refractivity contribution in [3.63, 3.8) is 0 Å². The molecule has 1 saturated heterocycles. The van der Waals surface area contributed by atoms with Gasteiger partial charge in [0.1, 0.15) is 18.9 Å². The summed E-state index contributed by atoms with van der Waals surface area (Å²) in [5.41, 5.74) is 0.667. The number of carbonyl (C=O) groups is 1. The van der Waals surface area contributed by atoms with Gasteiger partial charge in [-0.15, -0.1) is 0 Å². The predicted molar refractivity (Wildman–Crippen MR) is 91.8 cm³/mol. The molecule has 134 valence electrons. The minimum absolute atomic E-state index is 0.0822. The third-order valence-electron chi connectivity index (χ3n) is 3.96. The third kappa shape index (κ3) is 4.60. The third-order valence-corrected chi connectivity index (χ3v) is 3.96. The summed E-state index contributed by atoms with van der Waals surface area (Å²) in [5.74, 6) is 0.511. The van der Waals surface area contributed by atoms with Crippen molar-refractivity contribution in [3.8, 4) is 0 Å². The van der Waals surface area contributed by atoms with Crippen LogP contribution in [0.1, 0.15) is 44.7 Å². The summed E-state index contributed by atoms with van der Waals surface area (Å²) in [6.45, 7) is 6.70. The van der Waals surface area contributed by atoms with E-state index >= 15 is 0 Å². The molecule has 1 fully saturated rings. The topological polar surface area (TPSA) is 64.8 Å². The van der Waals surface area contributed by atoms with E-state index < -0.39 is 0 Å². The summed E-state index contributed by atoms with van der Waals surface area (Å²) >= 11 is 0. The Balaban J connectivity index is 1.68. The molecule has 1 aromatic heterocycles. The van der Waals surface area contributed by atoms with Crippen molar-refractivity contribution in [2.45, 2.75) is 51.5 Å². The van der Waals surface area contributed by atoms with E-state index in [1.807, 2.05) is 51.1 Å². The molecular weight excluding hydrogens is 320 g/mol. The molecule has 1 aromatic carbocycles. The molecule has 0 radical (unpaired) electrons. The average molecular weight is 344 g/mol. The Bertz CT molecular complexity index is 679. The van der Waals surface area contributed by atoms with Gasteiger partial charge in [0, 0.05) is 6.42 Å². The van der Waals surface area contributed by atoms with Crippen molar-refractivity contribution in [2.24, 2.45) is 0 Å². The van der Waals surface area contributed by atoms with E-state index in [4.69, 9.17) is 13.9 Å². The van der Waals surface area contributed by atoms with Crippen LogP contribution in [0.4, 0.5) is 4.79 Å². The van der Waals surface area contributed by atoms with Gasteiger partial charge in [-0.1, -0.05) is 30.3 Å². The summed E-state index contributed by atoms with van der Waals surface area (Å²) < 4.78 is 17.0. The van der Waals surface area contributed by atoms with Crippen molar-refractivity contribution in [2.75, 3.05) is 6.54 Å². The molecule has 1 amide bonds. The Labute approximate surface area is 147 Å². The van der Waals surface area contributed by atoms with Crippen LogP contribution in [0.5, 0.6) is 0 Å². The molecule has 1 unspecified atom stereocenters. The quantitative estimate of drug-likeness (QED) is 0.840. The highest BCUT2D eigenvalue weighted by molar-refractivity contribution is 5.68. The highest BCUT2D eigenvalue weighted by Gasteiger charge is 2.41. The summed E-state index contributed by atoms with van der Waals surface area (Å²) in [7, 11) is 0. The van der Waals surface area contributed by atoms with Crippen molar-refractivity contribution in [1.82, 2.24) is 9.88 Å². The molecule has 0 saturated carbocycles. The number of benzene rings is 1. The lowest BCUT2D eigenvalue weighted by Crippen LogP contribution is -2.34. The molecular formula is C19H24N2O4. The summed E-state index contributed by atoms with van der Waals surface area (Å²) in [4.78, 5) is 18.5. The van der Waals surface area contributed by atoms with Gasteiger partial charge >= 0.3 is 6.09 Å². The van der Waals surface area contributed by atoms with Crippen molar-refractivity contribution in [3.05, 3.63) is 54.2 Å². The molecule has 1 aliphatic rings. The van der Waals surface area contributed by atoms with Crippen LogP contribution in [0, 0.1) is 0 Å². The zero-order valence-corrected chi connectivity index (χ0v) is 14.8. The standard InChI is InChI=1S/C19H24N2O4/c1-19(2,3)25-15-11-16(17-20-9-10-23-17)21(12-15)18(22)24-13-14-7-5-4-6-8-14/h4-10,15-16H,11-13H2,1-3H3/t15?,16-/m0/s1. The summed E-state index contributed by atoms with van der Waals surface area (Å²) in [6.07, 6.45) is 3.27. The van der Waals surface area contributed by atoms with E-state index in [-0.39, 0.29) is 30.4 Å². The van der Waals surface area contributed by atoms with Crippen LogP contribution in [0.15, 0.2) is 47.2 Å². The number of rotatable bonds is 4. The second kappa shape index (κ2) is 7.27. The summed E-state index contributed by atoms with van der Waals surface area (Å²) in [6, 6.07) is 9.34. The maximum atomic E-state index is 12.6. The van der Waals surface area contributed by atoms with Crippen molar-refractivity contribution < 1.29 is 18.7 Å². The molecule has 0 spiro atoms. The Morgan fingerprint density at radius 1 is 1.32 bits per heavy atom. The zero-order valence-electron chi connectivity index (χ0n) is 14.8. The Hall–Kier alpha value is -2.34. The normalized spacial score (nSPS) is 20.7. The van der Waals surface area contributed by atoms with Gasteiger partial charge in [-0.05, 0) is 26.3 Å². The molecule has 6 nitrogen and oxygen atoms in total. The molecule has 2 aromatic rings. The van der Waals surface area contributed by atoms with E-state index in [2.05, 4.69) is 4.98 Å². The highest BCUT2D eigenvalue weighted by atomic mass is 16.6. The largest absolute Gasteiger partial charge is 0.447 e. The number of nitrogens with zero attached hydrogens (tertiary/aromatic N) is 2. The van der Waals surface area contributed by atoms with Crippen LogP contribution in [0.2, 0.25) is 0 Å². The number of amides is 1. The molecule has 0 aliphatic carbocycles. The SMILES string of the molecule is CC(C)(C)OC1C[C@@H](c2ncco2)N(C(=O)OCc2ccccc2)C1. The number of hydrogen-bond donors (Lipinski definition) is 0.